The summed E-state index contributed by atoms with van der Waals surface area (Å²) in [6.07, 6.45) is 0. The predicted octanol–water partition coefficient (Wildman–Crippen LogP) is 13.8. The minimum Gasteiger partial charge on any atom is -0.276 e. The van der Waals surface area contributed by atoms with Gasteiger partial charge in [0.25, 0.3) is 0 Å². The van der Waals surface area contributed by atoms with Crippen LogP contribution in [0.2, 0.25) is 0 Å². The van der Waals surface area contributed by atoms with E-state index in [0.29, 0.717) is 17.6 Å². The average Bonchev–Trinajstić information content (AvgIpc) is 3.90. The number of rotatable bonds is 5. The highest BCUT2D eigenvalue weighted by atomic mass is 32.1. The Labute approximate surface area is 310 Å². The molecule has 4 aromatic heterocycles. The molecule has 0 aliphatic rings. The lowest BCUT2D eigenvalue weighted by Gasteiger charge is -2.25. The van der Waals surface area contributed by atoms with E-state index >= 15 is 0 Å². The Kier molecular flexibility index (Phi) is 6.73. The van der Waals surface area contributed by atoms with Gasteiger partial charge in [-0.15, -0.1) is 34.0 Å². The second-order valence-electron chi connectivity index (χ2n) is 12.8. The molecule has 0 fully saturated rings. The molecule has 0 N–H and O–H groups in total. The molecule has 0 saturated carbocycles. The molecule has 0 saturated heterocycles. The van der Waals surface area contributed by atoms with E-state index in [-0.39, 0.29) is 0 Å². The van der Waals surface area contributed by atoms with Crippen molar-refractivity contribution in [3.8, 4) is 22.8 Å². The fraction of sp³-hybridized carbons (Fsp3) is 0. The van der Waals surface area contributed by atoms with Gasteiger partial charge < -0.3 is 0 Å². The number of fused-ring (bicyclic) bond motifs is 9. The highest BCUT2D eigenvalue weighted by molar-refractivity contribution is 7.27. The van der Waals surface area contributed by atoms with E-state index in [1.807, 2.05) is 52.2 Å². The Bertz CT molecular complexity index is 3040. The lowest BCUT2D eigenvalue weighted by molar-refractivity contribution is 1.03. The summed E-state index contributed by atoms with van der Waals surface area (Å²) in [4.78, 5) is 18.2. The van der Waals surface area contributed by atoms with Gasteiger partial charge in [0.2, 0.25) is 5.95 Å². The normalized spacial score (nSPS) is 11.8. The fourth-order valence-electron chi connectivity index (χ4n) is 7.34. The first-order valence-electron chi connectivity index (χ1n) is 17.1. The van der Waals surface area contributed by atoms with Gasteiger partial charge in [0, 0.05) is 62.2 Å². The maximum atomic E-state index is 5.39. The Morgan fingerprint density at radius 1 is 0.346 bits per heavy atom. The second kappa shape index (κ2) is 11.8. The number of nitrogens with zero attached hydrogens (tertiary/aromatic N) is 4. The van der Waals surface area contributed by atoms with Gasteiger partial charge in [0.1, 0.15) is 0 Å². The summed E-state index contributed by atoms with van der Waals surface area (Å²) in [5.41, 5.74) is 3.98. The van der Waals surface area contributed by atoms with Gasteiger partial charge in [0.15, 0.2) is 11.6 Å². The molecule has 4 nitrogen and oxygen atoms in total. The van der Waals surface area contributed by atoms with Crippen LogP contribution in [-0.4, -0.2) is 15.0 Å². The van der Waals surface area contributed by atoms with Crippen molar-refractivity contribution < 1.29 is 0 Å². The number of thiophene rings is 3. The molecule has 244 valence electrons. The first-order chi connectivity index (χ1) is 25.8. The molecule has 0 bridgehead atoms. The number of hydrogen-bond acceptors (Lipinski definition) is 7. The van der Waals surface area contributed by atoms with E-state index in [4.69, 9.17) is 15.0 Å². The molecule has 0 radical (unpaired) electrons. The van der Waals surface area contributed by atoms with Crippen molar-refractivity contribution in [2.45, 2.75) is 0 Å². The number of benzene rings is 7. The first-order valence-corrected chi connectivity index (χ1v) is 19.6. The lowest BCUT2D eigenvalue weighted by Crippen LogP contribution is -2.15. The van der Waals surface area contributed by atoms with Crippen LogP contribution < -0.4 is 4.90 Å². The summed E-state index contributed by atoms with van der Waals surface area (Å²) < 4.78 is 7.41. The van der Waals surface area contributed by atoms with Crippen LogP contribution in [-0.2, 0) is 0 Å². The summed E-state index contributed by atoms with van der Waals surface area (Å²) in [7, 11) is 0. The van der Waals surface area contributed by atoms with Crippen molar-refractivity contribution in [1.82, 2.24) is 15.0 Å². The molecule has 4 heterocycles. The van der Waals surface area contributed by atoms with Crippen molar-refractivity contribution >= 4 is 112 Å². The minimum atomic E-state index is 0.578. The van der Waals surface area contributed by atoms with Crippen LogP contribution in [0.4, 0.5) is 17.3 Å². The van der Waals surface area contributed by atoms with Gasteiger partial charge in [-0.3, -0.25) is 4.90 Å². The number of anilines is 3. The van der Waals surface area contributed by atoms with E-state index < -0.39 is 0 Å². The van der Waals surface area contributed by atoms with Crippen molar-refractivity contribution in [1.29, 1.82) is 0 Å². The van der Waals surface area contributed by atoms with Crippen molar-refractivity contribution in [3.63, 3.8) is 0 Å². The number of hydrogen-bond donors (Lipinski definition) is 0. The van der Waals surface area contributed by atoms with Gasteiger partial charge in [-0.2, -0.15) is 9.97 Å². The zero-order chi connectivity index (χ0) is 34.2. The zero-order valence-electron chi connectivity index (χ0n) is 27.5. The topological polar surface area (TPSA) is 41.9 Å². The smallest absolute Gasteiger partial charge is 0.238 e. The number of aromatic nitrogens is 3. The predicted molar refractivity (Wildman–Crippen MR) is 224 cm³/mol. The van der Waals surface area contributed by atoms with Crippen LogP contribution >= 0.6 is 34.0 Å². The SMILES string of the molecule is c1ccc(-c2nc(-c3ccc4sc5ccccc5c4c3)nc(N(c3cccc4c3sc3ccccc34)c3cccc4c3sc3ccccc34)n2)cc1. The van der Waals surface area contributed by atoms with Crippen LogP contribution in [0.5, 0.6) is 0 Å². The van der Waals surface area contributed by atoms with Gasteiger partial charge in [-0.05, 0) is 48.5 Å². The van der Waals surface area contributed by atoms with Crippen molar-refractivity contribution in [3.05, 3.63) is 158 Å². The zero-order valence-corrected chi connectivity index (χ0v) is 30.0. The quantitative estimate of drug-likeness (QED) is 0.178. The van der Waals surface area contributed by atoms with E-state index in [9.17, 15) is 0 Å². The van der Waals surface area contributed by atoms with Gasteiger partial charge >= 0.3 is 0 Å². The molecule has 7 heteroatoms. The standard InChI is InChI=1S/C45H26N4S3/c1-2-12-27(13-3-1)43-46-44(28-24-25-40-34(26-28)31-16-6-7-21-37(31)50-40)48-45(47-43)49(35-19-10-17-32-29-14-4-8-22-38(29)51-41(32)35)36-20-11-18-33-30-15-5-9-23-39(30)52-42(33)36/h1-26H. The molecule has 11 aromatic rings. The molecule has 0 atom stereocenters. The van der Waals surface area contributed by atoms with E-state index in [1.54, 1.807) is 0 Å². The monoisotopic (exact) mass is 718 g/mol. The molecule has 52 heavy (non-hydrogen) atoms. The molecular formula is C45H26N4S3. The first kappa shape index (κ1) is 29.7. The van der Waals surface area contributed by atoms with Crippen LogP contribution in [0.25, 0.3) is 83.3 Å². The summed E-state index contributed by atoms with van der Waals surface area (Å²) >= 11 is 5.44. The average molecular weight is 719 g/mol. The highest BCUT2D eigenvalue weighted by Gasteiger charge is 2.25. The third-order valence-corrected chi connectivity index (χ3v) is 13.3. The van der Waals surface area contributed by atoms with E-state index in [1.165, 1.54) is 60.5 Å². The van der Waals surface area contributed by atoms with Gasteiger partial charge in [0.05, 0.1) is 20.8 Å². The van der Waals surface area contributed by atoms with Crippen LogP contribution in [0.15, 0.2) is 158 Å². The Balaban J connectivity index is 1.23. The third kappa shape index (κ3) is 4.67. The van der Waals surface area contributed by atoms with E-state index in [2.05, 4.69) is 144 Å². The molecule has 0 aliphatic carbocycles. The second-order valence-corrected chi connectivity index (χ2v) is 16.0. The van der Waals surface area contributed by atoms with Crippen molar-refractivity contribution in [2.75, 3.05) is 4.90 Å². The molecule has 7 aromatic carbocycles. The fourth-order valence-corrected chi connectivity index (χ4v) is 10.8. The Morgan fingerprint density at radius 3 is 1.44 bits per heavy atom. The molecular weight excluding hydrogens is 693 g/mol. The molecule has 0 amide bonds. The largest absolute Gasteiger partial charge is 0.276 e. The minimum absolute atomic E-state index is 0.578. The Hall–Kier alpha value is -5.99. The maximum absolute atomic E-state index is 5.39. The molecule has 0 aliphatic heterocycles. The maximum Gasteiger partial charge on any atom is 0.238 e. The summed E-state index contributed by atoms with van der Waals surface area (Å²) in [6, 6.07) is 55.9. The summed E-state index contributed by atoms with van der Waals surface area (Å²) in [6.45, 7) is 0. The van der Waals surface area contributed by atoms with Gasteiger partial charge in [-0.25, -0.2) is 4.98 Å². The Morgan fingerprint density at radius 2 is 0.827 bits per heavy atom. The molecule has 11 rings (SSSR count). The third-order valence-electron chi connectivity index (χ3n) is 9.74. The summed E-state index contributed by atoms with van der Waals surface area (Å²) in [5.74, 6) is 1.85. The lowest BCUT2D eigenvalue weighted by atomic mass is 10.1. The highest BCUT2D eigenvalue weighted by Crippen LogP contribution is 2.48. The van der Waals surface area contributed by atoms with Crippen LogP contribution in [0.1, 0.15) is 0 Å². The van der Waals surface area contributed by atoms with E-state index in [0.717, 1.165) is 22.5 Å². The van der Waals surface area contributed by atoms with Crippen molar-refractivity contribution in [2.24, 2.45) is 0 Å². The molecule has 0 spiro atoms. The summed E-state index contributed by atoms with van der Waals surface area (Å²) in [5, 5.41) is 7.40. The molecule has 0 unspecified atom stereocenters. The van der Waals surface area contributed by atoms with Crippen LogP contribution in [0, 0.1) is 0 Å². The van der Waals surface area contributed by atoms with Crippen LogP contribution in [0.3, 0.4) is 0 Å². The van der Waals surface area contributed by atoms with Gasteiger partial charge in [-0.1, -0.05) is 109 Å².